The Balaban J connectivity index is 1.17. The van der Waals surface area contributed by atoms with Gasteiger partial charge in [0.2, 0.25) is 5.91 Å². The van der Waals surface area contributed by atoms with Crippen LogP contribution >= 0.6 is 0 Å². The van der Waals surface area contributed by atoms with Gasteiger partial charge in [-0.3, -0.25) is 9.69 Å². The SMILES string of the molecule is Cc1cccc(N2CCN(CCNC(=O)[C@@H]3C[C@H]4CC[C@H]3C4)CC2)c1. The summed E-state index contributed by atoms with van der Waals surface area (Å²) >= 11 is 0. The third kappa shape index (κ3) is 3.84. The van der Waals surface area contributed by atoms with Gasteiger partial charge in [0.25, 0.3) is 0 Å². The highest BCUT2D eigenvalue weighted by atomic mass is 16.1. The van der Waals surface area contributed by atoms with Crippen molar-refractivity contribution in [2.45, 2.75) is 32.6 Å². The second-order valence-electron chi connectivity index (χ2n) is 8.24. The molecule has 3 aliphatic rings. The highest BCUT2D eigenvalue weighted by Crippen LogP contribution is 2.48. The predicted molar refractivity (Wildman–Crippen MR) is 102 cm³/mol. The Morgan fingerprint density at radius 3 is 2.68 bits per heavy atom. The zero-order valence-electron chi connectivity index (χ0n) is 15.4. The first-order chi connectivity index (χ1) is 12.2. The van der Waals surface area contributed by atoms with Crippen LogP contribution in [0.25, 0.3) is 0 Å². The molecule has 25 heavy (non-hydrogen) atoms. The summed E-state index contributed by atoms with van der Waals surface area (Å²) in [6, 6.07) is 8.77. The first kappa shape index (κ1) is 16.9. The molecule has 1 N–H and O–H groups in total. The van der Waals surface area contributed by atoms with Gasteiger partial charge in [-0.15, -0.1) is 0 Å². The number of aryl methyl sites for hydroxylation is 1. The number of anilines is 1. The van der Waals surface area contributed by atoms with Crippen molar-refractivity contribution < 1.29 is 4.79 Å². The number of piperazine rings is 1. The van der Waals surface area contributed by atoms with Gasteiger partial charge >= 0.3 is 0 Å². The van der Waals surface area contributed by atoms with Crippen LogP contribution in [0.3, 0.4) is 0 Å². The second kappa shape index (κ2) is 7.36. The van der Waals surface area contributed by atoms with Crippen LogP contribution in [0.1, 0.15) is 31.2 Å². The van der Waals surface area contributed by atoms with Crippen LogP contribution in [0.5, 0.6) is 0 Å². The highest BCUT2D eigenvalue weighted by molar-refractivity contribution is 5.79. The van der Waals surface area contributed by atoms with Crippen molar-refractivity contribution in [3.63, 3.8) is 0 Å². The Morgan fingerprint density at radius 1 is 1.16 bits per heavy atom. The summed E-state index contributed by atoms with van der Waals surface area (Å²) in [6.07, 6.45) is 5.09. The fourth-order valence-electron chi connectivity index (χ4n) is 5.09. The first-order valence-corrected chi connectivity index (χ1v) is 10.0. The van der Waals surface area contributed by atoms with E-state index in [1.54, 1.807) is 0 Å². The summed E-state index contributed by atoms with van der Waals surface area (Å²) < 4.78 is 0. The molecule has 1 amide bonds. The average molecular weight is 341 g/mol. The third-order valence-corrected chi connectivity index (χ3v) is 6.54. The molecule has 1 aromatic rings. The summed E-state index contributed by atoms with van der Waals surface area (Å²) in [5.41, 5.74) is 2.66. The van der Waals surface area contributed by atoms with E-state index >= 15 is 0 Å². The van der Waals surface area contributed by atoms with Gasteiger partial charge in [-0.1, -0.05) is 18.6 Å². The lowest BCUT2D eigenvalue weighted by atomic mass is 9.88. The minimum atomic E-state index is 0.317. The van der Waals surface area contributed by atoms with Crippen LogP contribution in [0.4, 0.5) is 5.69 Å². The number of rotatable bonds is 5. The second-order valence-corrected chi connectivity index (χ2v) is 8.24. The Morgan fingerprint density at radius 2 is 2.00 bits per heavy atom. The monoisotopic (exact) mass is 341 g/mol. The van der Waals surface area contributed by atoms with Crippen molar-refractivity contribution in [1.29, 1.82) is 0 Å². The summed E-state index contributed by atoms with van der Waals surface area (Å²) in [5, 5.41) is 3.21. The lowest BCUT2D eigenvalue weighted by Gasteiger charge is -2.36. The predicted octanol–water partition coefficient (Wildman–Crippen LogP) is 2.67. The molecular weight excluding hydrogens is 310 g/mol. The van der Waals surface area contributed by atoms with Crippen molar-refractivity contribution in [1.82, 2.24) is 10.2 Å². The van der Waals surface area contributed by atoms with E-state index in [2.05, 4.69) is 46.3 Å². The molecule has 0 spiro atoms. The molecule has 4 nitrogen and oxygen atoms in total. The normalized spacial score (nSPS) is 29.2. The van der Waals surface area contributed by atoms with Crippen LogP contribution in [-0.4, -0.2) is 50.1 Å². The average Bonchev–Trinajstić information content (AvgIpc) is 3.26. The standard InChI is InChI=1S/C21H31N3O/c1-16-3-2-4-19(13-16)24-11-9-23(10-12-24)8-7-22-21(25)20-15-17-5-6-18(20)14-17/h2-4,13,17-18,20H,5-12,14-15H2,1H3,(H,22,25)/t17-,18-,20+/m0/s1. The van der Waals surface area contributed by atoms with Gasteiger partial charge in [-0.25, -0.2) is 0 Å². The van der Waals surface area contributed by atoms with Crippen LogP contribution in [-0.2, 0) is 4.79 Å². The van der Waals surface area contributed by atoms with Crippen molar-refractivity contribution in [3.05, 3.63) is 29.8 Å². The van der Waals surface area contributed by atoms with E-state index in [9.17, 15) is 4.79 Å². The maximum Gasteiger partial charge on any atom is 0.223 e. The van der Waals surface area contributed by atoms with Gasteiger partial charge in [0.05, 0.1) is 0 Å². The maximum absolute atomic E-state index is 12.4. The number of carbonyl (C=O) groups excluding carboxylic acids is 1. The molecule has 2 saturated carbocycles. The molecule has 1 aromatic carbocycles. The number of hydrogen-bond donors (Lipinski definition) is 1. The Kier molecular flexibility index (Phi) is 4.98. The summed E-state index contributed by atoms with van der Waals surface area (Å²) in [7, 11) is 0. The number of hydrogen-bond acceptors (Lipinski definition) is 3. The minimum Gasteiger partial charge on any atom is -0.369 e. The Bertz CT molecular complexity index is 609. The topological polar surface area (TPSA) is 35.6 Å². The number of amides is 1. The van der Waals surface area contributed by atoms with E-state index in [4.69, 9.17) is 0 Å². The first-order valence-electron chi connectivity index (χ1n) is 10.0. The summed E-state index contributed by atoms with van der Waals surface area (Å²) in [4.78, 5) is 17.4. The van der Waals surface area contributed by atoms with Gasteiger partial charge in [0.15, 0.2) is 0 Å². The number of fused-ring (bicyclic) bond motifs is 2. The van der Waals surface area contributed by atoms with E-state index < -0.39 is 0 Å². The lowest BCUT2D eigenvalue weighted by molar-refractivity contribution is -0.126. The molecule has 4 rings (SSSR count). The van der Waals surface area contributed by atoms with E-state index in [0.29, 0.717) is 17.7 Å². The molecule has 1 heterocycles. The molecule has 0 aromatic heterocycles. The molecule has 0 unspecified atom stereocenters. The van der Waals surface area contributed by atoms with Gasteiger partial charge in [0.1, 0.15) is 0 Å². The molecule has 3 fully saturated rings. The zero-order valence-corrected chi connectivity index (χ0v) is 15.4. The summed E-state index contributed by atoms with van der Waals surface area (Å²) in [5.74, 6) is 2.17. The number of nitrogens with zero attached hydrogens (tertiary/aromatic N) is 2. The Labute approximate surface area is 151 Å². The molecule has 0 radical (unpaired) electrons. The fourth-order valence-corrected chi connectivity index (χ4v) is 5.09. The van der Waals surface area contributed by atoms with Crippen LogP contribution in [0.2, 0.25) is 0 Å². The zero-order chi connectivity index (χ0) is 17.2. The van der Waals surface area contributed by atoms with Crippen LogP contribution in [0.15, 0.2) is 24.3 Å². The molecule has 2 bridgehead atoms. The van der Waals surface area contributed by atoms with Gasteiger partial charge < -0.3 is 10.2 Å². The lowest BCUT2D eigenvalue weighted by Crippen LogP contribution is -2.49. The molecule has 2 aliphatic carbocycles. The van der Waals surface area contributed by atoms with E-state index in [0.717, 1.165) is 51.6 Å². The molecule has 4 heteroatoms. The minimum absolute atomic E-state index is 0.317. The summed E-state index contributed by atoms with van der Waals surface area (Å²) in [6.45, 7) is 8.24. The molecule has 1 aliphatic heterocycles. The number of nitrogens with one attached hydrogen (secondary N) is 1. The molecular formula is C21H31N3O. The Hall–Kier alpha value is -1.55. The number of carbonyl (C=O) groups is 1. The van der Waals surface area contributed by atoms with E-state index in [-0.39, 0.29) is 0 Å². The fraction of sp³-hybridized carbons (Fsp3) is 0.667. The largest absolute Gasteiger partial charge is 0.369 e. The third-order valence-electron chi connectivity index (χ3n) is 6.54. The van der Waals surface area contributed by atoms with Crippen molar-refractivity contribution in [3.8, 4) is 0 Å². The number of benzene rings is 1. The quantitative estimate of drug-likeness (QED) is 0.894. The molecule has 1 saturated heterocycles. The van der Waals surface area contributed by atoms with Crippen molar-refractivity contribution in [2.75, 3.05) is 44.2 Å². The van der Waals surface area contributed by atoms with Crippen molar-refractivity contribution in [2.24, 2.45) is 17.8 Å². The van der Waals surface area contributed by atoms with Crippen LogP contribution in [0, 0.1) is 24.7 Å². The van der Waals surface area contributed by atoms with E-state index in [1.165, 1.54) is 30.5 Å². The van der Waals surface area contributed by atoms with Crippen LogP contribution < -0.4 is 10.2 Å². The maximum atomic E-state index is 12.4. The molecule has 136 valence electrons. The van der Waals surface area contributed by atoms with Crippen molar-refractivity contribution >= 4 is 11.6 Å². The van der Waals surface area contributed by atoms with Gasteiger partial charge in [0, 0.05) is 50.9 Å². The van der Waals surface area contributed by atoms with Gasteiger partial charge in [-0.2, -0.15) is 0 Å². The molecule has 3 atom stereocenters. The smallest absolute Gasteiger partial charge is 0.223 e. The van der Waals surface area contributed by atoms with E-state index in [1.807, 2.05) is 0 Å². The highest BCUT2D eigenvalue weighted by Gasteiger charge is 2.42. The van der Waals surface area contributed by atoms with Gasteiger partial charge in [-0.05, 0) is 55.7 Å².